The first kappa shape index (κ1) is 19.4. The fraction of sp³-hybridized carbons (Fsp3) is 0.261. The molecule has 6 heteroatoms. The van der Waals surface area contributed by atoms with Gasteiger partial charge in [-0.1, -0.05) is 42.8 Å². The zero-order chi connectivity index (χ0) is 20.7. The van der Waals surface area contributed by atoms with Gasteiger partial charge in [-0.25, -0.2) is 0 Å². The van der Waals surface area contributed by atoms with E-state index >= 15 is 0 Å². The van der Waals surface area contributed by atoms with Crippen LogP contribution in [-0.2, 0) is 9.59 Å². The van der Waals surface area contributed by atoms with Crippen LogP contribution in [0.25, 0.3) is 0 Å². The van der Waals surface area contributed by atoms with Crippen molar-refractivity contribution in [2.75, 3.05) is 10.2 Å². The highest BCUT2D eigenvalue weighted by atomic mass is 35.5. The van der Waals surface area contributed by atoms with Crippen LogP contribution in [-0.4, -0.2) is 17.7 Å². The number of hydrogen-bond acceptors (Lipinski definition) is 3. The average Bonchev–Trinajstić information content (AvgIpc) is 2.96. The first-order chi connectivity index (χ1) is 13.9. The number of anilines is 2. The van der Waals surface area contributed by atoms with E-state index in [1.54, 1.807) is 36.4 Å². The van der Waals surface area contributed by atoms with Gasteiger partial charge in [0.25, 0.3) is 5.91 Å². The van der Waals surface area contributed by atoms with Crippen LogP contribution in [0.2, 0.25) is 5.02 Å². The minimum Gasteiger partial charge on any atom is -0.322 e. The zero-order valence-electron chi connectivity index (χ0n) is 16.2. The summed E-state index contributed by atoms with van der Waals surface area (Å²) in [5.41, 5.74) is 2.29. The number of rotatable bonds is 3. The number of benzene rings is 2. The van der Waals surface area contributed by atoms with Gasteiger partial charge >= 0.3 is 0 Å². The lowest BCUT2D eigenvalue weighted by Crippen LogP contribution is -2.31. The number of halogens is 1. The summed E-state index contributed by atoms with van der Waals surface area (Å²) in [4.78, 5) is 39.9. The minimum absolute atomic E-state index is 0.0208. The molecule has 0 spiro atoms. The molecule has 3 atom stereocenters. The Morgan fingerprint density at radius 1 is 1.14 bits per heavy atom. The van der Waals surface area contributed by atoms with E-state index in [2.05, 4.69) is 5.32 Å². The molecule has 2 aromatic rings. The van der Waals surface area contributed by atoms with Gasteiger partial charge in [0.05, 0.1) is 17.5 Å². The molecule has 1 saturated heterocycles. The molecule has 0 saturated carbocycles. The summed E-state index contributed by atoms with van der Waals surface area (Å²) in [6.07, 6.45) is 4.54. The molecule has 1 heterocycles. The van der Waals surface area contributed by atoms with Crippen LogP contribution >= 0.6 is 11.6 Å². The van der Waals surface area contributed by atoms with Crippen LogP contribution in [0, 0.1) is 24.7 Å². The Bertz CT molecular complexity index is 1050. The summed E-state index contributed by atoms with van der Waals surface area (Å²) in [5, 5.41) is 3.37. The summed E-state index contributed by atoms with van der Waals surface area (Å²) in [5.74, 6) is -1.36. The van der Waals surface area contributed by atoms with Gasteiger partial charge in [-0.3, -0.25) is 19.3 Å². The second-order valence-corrected chi connectivity index (χ2v) is 8.07. The number of nitrogens with one attached hydrogen (secondary N) is 1. The number of imide groups is 1. The topological polar surface area (TPSA) is 66.5 Å². The Kier molecular flexibility index (Phi) is 5.01. The van der Waals surface area contributed by atoms with Crippen molar-refractivity contribution < 1.29 is 14.4 Å². The van der Waals surface area contributed by atoms with Crippen molar-refractivity contribution in [2.45, 2.75) is 20.3 Å². The van der Waals surface area contributed by atoms with E-state index in [-0.39, 0.29) is 35.5 Å². The monoisotopic (exact) mass is 408 g/mol. The Morgan fingerprint density at radius 2 is 1.93 bits per heavy atom. The van der Waals surface area contributed by atoms with Gasteiger partial charge in [0.2, 0.25) is 11.8 Å². The quantitative estimate of drug-likeness (QED) is 0.596. The Labute approximate surface area is 174 Å². The second kappa shape index (κ2) is 7.48. The number of allylic oxidation sites excluding steroid dienone is 2. The van der Waals surface area contributed by atoms with Gasteiger partial charge in [-0.2, -0.15) is 0 Å². The van der Waals surface area contributed by atoms with Crippen LogP contribution in [0.4, 0.5) is 11.4 Å². The Balaban J connectivity index is 1.61. The molecule has 0 unspecified atom stereocenters. The minimum atomic E-state index is -0.334. The summed E-state index contributed by atoms with van der Waals surface area (Å²) < 4.78 is 0. The SMILES string of the molecule is Cc1ccc(Cl)cc1NC(=O)c1cccc(N2C(=O)[C@@H]3[C@@H](C)C=CC[C@H]3C2=O)c1. The van der Waals surface area contributed by atoms with Crippen LogP contribution in [0.3, 0.4) is 0 Å². The summed E-state index contributed by atoms with van der Waals surface area (Å²) in [7, 11) is 0. The standard InChI is InChI=1S/C23H21ClN2O3/c1-13-9-10-16(24)12-19(13)25-21(27)15-6-4-7-17(11-15)26-22(28)18-8-3-5-14(2)20(18)23(26)29/h3-7,9-12,14,18,20H,8H2,1-2H3,(H,25,27)/t14-,18+,20+/m0/s1. The van der Waals surface area contributed by atoms with Crippen LogP contribution in [0.1, 0.15) is 29.3 Å². The van der Waals surface area contributed by atoms with Gasteiger partial charge in [-0.15, -0.1) is 0 Å². The normalized spacial score (nSPS) is 23.3. The highest BCUT2D eigenvalue weighted by Gasteiger charge is 2.50. The molecule has 2 aliphatic rings. The van der Waals surface area contributed by atoms with Gasteiger partial charge in [0.1, 0.15) is 0 Å². The maximum absolute atomic E-state index is 13.0. The fourth-order valence-corrected chi connectivity index (χ4v) is 4.28. The lowest BCUT2D eigenvalue weighted by atomic mass is 9.78. The smallest absolute Gasteiger partial charge is 0.255 e. The lowest BCUT2D eigenvalue weighted by molar-refractivity contribution is -0.122. The van der Waals surface area contributed by atoms with Crippen molar-refractivity contribution in [3.8, 4) is 0 Å². The van der Waals surface area contributed by atoms with E-state index in [4.69, 9.17) is 11.6 Å². The third-order valence-electron chi connectivity index (χ3n) is 5.69. The molecule has 2 aromatic carbocycles. The van der Waals surface area contributed by atoms with E-state index in [0.29, 0.717) is 28.4 Å². The van der Waals surface area contributed by atoms with Gasteiger partial charge in [0, 0.05) is 16.3 Å². The van der Waals surface area contributed by atoms with Gasteiger partial charge in [-0.05, 0) is 55.2 Å². The number of aryl methyl sites for hydroxylation is 1. The summed E-state index contributed by atoms with van der Waals surface area (Å²) in [6, 6.07) is 11.9. The summed E-state index contributed by atoms with van der Waals surface area (Å²) in [6.45, 7) is 3.83. The van der Waals surface area contributed by atoms with Crippen LogP contribution in [0.15, 0.2) is 54.6 Å². The highest BCUT2D eigenvalue weighted by molar-refractivity contribution is 6.31. The molecule has 1 N–H and O–H groups in total. The van der Waals surface area contributed by atoms with Crippen LogP contribution < -0.4 is 10.2 Å². The molecule has 0 bridgehead atoms. The first-order valence-electron chi connectivity index (χ1n) is 9.59. The molecule has 1 aliphatic heterocycles. The maximum atomic E-state index is 13.0. The number of carbonyl (C=O) groups excluding carboxylic acids is 3. The number of amides is 3. The summed E-state index contributed by atoms with van der Waals surface area (Å²) >= 11 is 6.02. The fourth-order valence-electron chi connectivity index (χ4n) is 4.11. The number of carbonyl (C=O) groups is 3. The van der Waals surface area contributed by atoms with Crippen molar-refractivity contribution >= 4 is 40.7 Å². The largest absolute Gasteiger partial charge is 0.322 e. The number of fused-ring (bicyclic) bond motifs is 1. The number of nitrogens with zero attached hydrogens (tertiary/aromatic N) is 1. The molecular weight excluding hydrogens is 388 g/mol. The van der Waals surface area contributed by atoms with Crippen LogP contribution in [0.5, 0.6) is 0 Å². The highest BCUT2D eigenvalue weighted by Crippen LogP contribution is 2.40. The lowest BCUT2D eigenvalue weighted by Gasteiger charge is -2.22. The molecule has 5 nitrogen and oxygen atoms in total. The van der Waals surface area contributed by atoms with E-state index in [1.165, 1.54) is 4.90 Å². The second-order valence-electron chi connectivity index (χ2n) is 7.63. The van der Waals surface area contributed by atoms with E-state index in [0.717, 1.165) is 5.56 Å². The molecule has 1 fully saturated rings. The molecule has 0 radical (unpaired) electrons. The van der Waals surface area contributed by atoms with E-state index in [9.17, 15) is 14.4 Å². The van der Waals surface area contributed by atoms with Crippen molar-refractivity contribution in [3.05, 3.63) is 70.8 Å². The Morgan fingerprint density at radius 3 is 2.69 bits per heavy atom. The zero-order valence-corrected chi connectivity index (χ0v) is 16.9. The van der Waals surface area contributed by atoms with Crippen molar-refractivity contribution in [1.29, 1.82) is 0 Å². The molecular formula is C23H21ClN2O3. The van der Waals surface area contributed by atoms with Crippen molar-refractivity contribution in [1.82, 2.24) is 0 Å². The molecule has 148 valence electrons. The van der Waals surface area contributed by atoms with Gasteiger partial charge < -0.3 is 5.32 Å². The van der Waals surface area contributed by atoms with Crippen molar-refractivity contribution in [2.24, 2.45) is 17.8 Å². The van der Waals surface area contributed by atoms with Crippen molar-refractivity contribution in [3.63, 3.8) is 0 Å². The third-order valence-corrected chi connectivity index (χ3v) is 5.92. The first-order valence-corrected chi connectivity index (χ1v) is 9.96. The number of hydrogen-bond donors (Lipinski definition) is 1. The Hall–Kier alpha value is -2.92. The van der Waals surface area contributed by atoms with E-state index in [1.807, 2.05) is 32.1 Å². The molecule has 29 heavy (non-hydrogen) atoms. The third kappa shape index (κ3) is 3.47. The molecule has 3 amide bonds. The predicted octanol–water partition coefficient (Wildman–Crippen LogP) is 4.60. The predicted molar refractivity (Wildman–Crippen MR) is 113 cm³/mol. The van der Waals surface area contributed by atoms with Gasteiger partial charge in [0.15, 0.2) is 0 Å². The molecule has 1 aliphatic carbocycles. The maximum Gasteiger partial charge on any atom is 0.255 e. The molecule has 0 aromatic heterocycles. The van der Waals surface area contributed by atoms with E-state index < -0.39 is 0 Å². The average molecular weight is 409 g/mol. The molecule has 4 rings (SSSR count).